The summed E-state index contributed by atoms with van der Waals surface area (Å²) in [5, 5.41) is 12.3. The van der Waals surface area contributed by atoms with Gasteiger partial charge in [-0.1, -0.05) is 38.1 Å². The zero-order valence-electron chi connectivity index (χ0n) is 16.1. The Kier molecular flexibility index (Phi) is 5.89. The number of hydrogen-bond acceptors (Lipinski definition) is 5. The molecule has 0 bridgehead atoms. The highest BCUT2D eigenvalue weighted by Gasteiger charge is 2.16. The van der Waals surface area contributed by atoms with E-state index in [2.05, 4.69) is 29.1 Å². The van der Waals surface area contributed by atoms with Crippen LogP contribution in [0.5, 0.6) is 11.5 Å². The Labute approximate surface area is 164 Å². The van der Waals surface area contributed by atoms with Crippen molar-refractivity contribution in [3.8, 4) is 22.9 Å². The molecule has 0 radical (unpaired) electrons. The minimum absolute atomic E-state index is 0.144. The van der Waals surface area contributed by atoms with Crippen molar-refractivity contribution in [3.63, 3.8) is 0 Å². The van der Waals surface area contributed by atoms with Crippen LogP contribution in [0, 0.1) is 0 Å². The summed E-state index contributed by atoms with van der Waals surface area (Å²) in [5.74, 6) is 1.36. The molecule has 0 aliphatic rings. The molecule has 144 valence electrons. The molecule has 0 saturated heterocycles. The minimum Gasteiger partial charge on any atom is -0.508 e. The van der Waals surface area contributed by atoms with E-state index in [-0.39, 0.29) is 11.7 Å². The van der Waals surface area contributed by atoms with Gasteiger partial charge in [0.1, 0.15) is 11.5 Å². The number of phenols is 1. The molecule has 0 fully saturated rings. The first kappa shape index (κ1) is 19.4. The normalized spacial score (nSPS) is 11.9. The molecule has 0 spiro atoms. The monoisotopic (exact) mass is 377 g/mol. The van der Waals surface area contributed by atoms with Gasteiger partial charge in [0.15, 0.2) is 11.9 Å². The van der Waals surface area contributed by atoms with Crippen molar-refractivity contribution >= 4 is 11.6 Å². The van der Waals surface area contributed by atoms with Gasteiger partial charge in [0.05, 0.1) is 18.1 Å². The van der Waals surface area contributed by atoms with E-state index in [0.29, 0.717) is 28.7 Å². The molecular formula is C22H23N3O3. The van der Waals surface area contributed by atoms with Crippen LogP contribution in [0.4, 0.5) is 5.69 Å². The fraction of sp³-hybridized carbons (Fsp3) is 0.227. The number of benzene rings is 2. The van der Waals surface area contributed by atoms with Gasteiger partial charge < -0.3 is 15.2 Å². The van der Waals surface area contributed by atoms with E-state index in [4.69, 9.17) is 4.74 Å². The average Bonchev–Trinajstić information content (AvgIpc) is 2.68. The molecule has 1 aromatic heterocycles. The Bertz CT molecular complexity index is 955. The Hall–Kier alpha value is -3.41. The Balaban J connectivity index is 1.63. The van der Waals surface area contributed by atoms with Crippen LogP contribution in [-0.2, 0) is 4.79 Å². The summed E-state index contributed by atoms with van der Waals surface area (Å²) in [5.41, 5.74) is 2.32. The summed E-state index contributed by atoms with van der Waals surface area (Å²) in [7, 11) is 0. The second-order valence-electron chi connectivity index (χ2n) is 6.82. The van der Waals surface area contributed by atoms with Crippen LogP contribution in [0.15, 0.2) is 60.9 Å². The van der Waals surface area contributed by atoms with Crippen molar-refractivity contribution in [1.29, 1.82) is 0 Å². The Morgan fingerprint density at radius 2 is 1.75 bits per heavy atom. The minimum atomic E-state index is -0.673. The zero-order chi connectivity index (χ0) is 20.1. The number of nitrogens with one attached hydrogen (secondary N) is 1. The summed E-state index contributed by atoms with van der Waals surface area (Å²) in [6, 6.07) is 14.4. The smallest absolute Gasteiger partial charge is 0.265 e. The van der Waals surface area contributed by atoms with E-state index in [1.165, 1.54) is 12.4 Å². The molecule has 6 heteroatoms. The van der Waals surface area contributed by atoms with Gasteiger partial charge in [0.25, 0.3) is 5.91 Å². The number of nitrogens with zero attached hydrogens (tertiary/aromatic N) is 2. The third kappa shape index (κ3) is 4.85. The molecule has 2 aromatic carbocycles. The van der Waals surface area contributed by atoms with Crippen LogP contribution in [0.3, 0.4) is 0 Å². The van der Waals surface area contributed by atoms with Crippen LogP contribution >= 0.6 is 0 Å². The summed E-state index contributed by atoms with van der Waals surface area (Å²) >= 11 is 0. The number of carbonyl (C=O) groups excluding carboxylic acids is 1. The molecule has 0 saturated carbocycles. The topological polar surface area (TPSA) is 84.3 Å². The first-order chi connectivity index (χ1) is 13.4. The van der Waals surface area contributed by atoms with E-state index in [1.54, 1.807) is 31.2 Å². The number of aromatic nitrogens is 2. The van der Waals surface area contributed by atoms with E-state index >= 15 is 0 Å². The predicted octanol–water partition coefficient (Wildman–Crippen LogP) is 4.38. The molecule has 0 aliphatic carbocycles. The summed E-state index contributed by atoms with van der Waals surface area (Å²) < 4.78 is 5.76. The second-order valence-corrected chi connectivity index (χ2v) is 6.82. The molecule has 1 amide bonds. The van der Waals surface area contributed by atoms with Crippen molar-refractivity contribution in [2.24, 2.45) is 0 Å². The van der Waals surface area contributed by atoms with E-state index in [0.717, 1.165) is 5.56 Å². The number of aromatic hydroxyl groups is 1. The van der Waals surface area contributed by atoms with E-state index < -0.39 is 6.10 Å². The van der Waals surface area contributed by atoms with E-state index in [9.17, 15) is 9.90 Å². The van der Waals surface area contributed by atoms with Crippen molar-refractivity contribution in [3.05, 3.63) is 66.5 Å². The van der Waals surface area contributed by atoms with Crippen LogP contribution < -0.4 is 10.1 Å². The van der Waals surface area contributed by atoms with Gasteiger partial charge >= 0.3 is 0 Å². The lowest BCUT2D eigenvalue weighted by atomic mass is 10.0. The van der Waals surface area contributed by atoms with E-state index in [1.807, 2.05) is 24.3 Å². The fourth-order valence-electron chi connectivity index (χ4n) is 2.64. The average molecular weight is 377 g/mol. The lowest BCUT2D eigenvalue weighted by Gasteiger charge is -2.16. The van der Waals surface area contributed by atoms with Crippen LogP contribution in [-0.4, -0.2) is 27.1 Å². The Morgan fingerprint density at radius 1 is 1.04 bits per heavy atom. The first-order valence-electron chi connectivity index (χ1n) is 9.11. The third-order valence-corrected chi connectivity index (χ3v) is 4.23. The molecule has 6 nitrogen and oxygen atoms in total. The molecule has 3 aromatic rings. The largest absolute Gasteiger partial charge is 0.508 e. The number of hydrogen-bond donors (Lipinski definition) is 2. The van der Waals surface area contributed by atoms with Crippen LogP contribution in [0.2, 0.25) is 0 Å². The summed E-state index contributed by atoms with van der Waals surface area (Å²) in [6.45, 7) is 5.91. The van der Waals surface area contributed by atoms with Crippen LogP contribution in [0.25, 0.3) is 11.4 Å². The number of carbonyl (C=O) groups is 1. The molecule has 1 unspecified atom stereocenters. The standard InChI is InChI=1S/C22H23N3O3/c1-14(2)16-6-5-9-20(11-16)28-15(3)22(27)25-18-12-23-21(24-13-18)17-7-4-8-19(26)10-17/h4-15,26H,1-3H3,(H,25,27). The number of amides is 1. The third-order valence-electron chi connectivity index (χ3n) is 4.23. The molecule has 28 heavy (non-hydrogen) atoms. The molecule has 1 atom stereocenters. The zero-order valence-corrected chi connectivity index (χ0v) is 16.1. The van der Waals surface area contributed by atoms with Crippen molar-refractivity contribution in [1.82, 2.24) is 9.97 Å². The highest BCUT2D eigenvalue weighted by atomic mass is 16.5. The van der Waals surface area contributed by atoms with Gasteiger partial charge in [0.2, 0.25) is 0 Å². The van der Waals surface area contributed by atoms with Crippen molar-refractivity contribution < 1.29 is 14.6 Å². The van der Waals surface area contributed by atoms with Gasteiger partial charge in [-0.3, -0.25) is 4.79 Å². The molecular weight excluding hydrogens is 354 g/mol. The fourth-order valence-corrected chi connectivity index (χ4v) is 2.64. The lowest BCUT2D eigenvalue weighted by Crippen LogP contribution is -2.30. The molecule has 2 N–H and O–H groups in total. The number of rotatable bonds is 6. The molecule has 1 heterocycles. The second kappa shape index (κ2) is 8.52. The van der Waals surface area contributed by atoms with Crippen LogP contribution in [0.1, 0.15) is 32.3 Å². The lowest BCUT2D eigenvalue weighted by molar-refractivity contribution is -0.122. The van der Waals surface area contributed by atoms with Gasteiger partial charge in [-0.05, 0) is 42.7 Å². The number of anilines is 1. The highest BCUT2D eigenvalue weighted by Crippen LogP contribution is 2.22. The van der Waals surface area contributed by atoms with Gasteiger partial charge in [-0.15, -0.1) is 0 Å². The summed E-state index contributed by atoms with van der Waals surface area (Å²) in [4.78, 5) is 20.9. The maximum Gasteiger partial charge on any atom is 0.265 e. The van der Waals surface area contributed by atoms with Gasteiger partial charge in [-0.25, -0.2) is 9.97 Å². The predicted molar refractivity (Wildman–Crippen MR) is 108 cm³/mol. The number of phenolic OH excluding ortho intramolecular Hbond substituents is 1. The van der Waals surface area contributed by atoms with Gasteiger partial charge in [-0.2, -0.15) is 0 Å². The Morgan fingerprint density at radius 3 is 2.43 bits per heavy atom. The quantitative estimate of drug-likeness (QED) is 0.666. The van der Waals surface area contributed by atoms with Gasteiger partial charge in [0, 0.05) is 5.56 Å². The van der Waals surface area contributed by atoms with Crippen molar-refractivity contribution in [2.75, 3.05) is 5.32 Å². The highest BCUT2D eigenvalue weighted by molar-refractivity contribution is 5.93. The van der Waals surface area contributed by atoms with Crippen molar-refractivity contribution in [2.45, 2.75) is 32.8 Å². The maximum absolute atomic E-state index is 12.4. The maximum atomic E-state index is 12.4. The molecule has 0 aliphatic heterocycles. The summed E-state index contributed by atoms with van der Waals surface area (Å²) in [6.07, 6.45) is 2.38. The number of ether oxygens (including phenoxy) is 1. The molecule has 3 rings (SSSR count). The first-order valence-corrected chi connectivity index (χ1v) is 9.11. The SMILES string of the molecule is CC(Oc1cccc(C(C)C)c1)C(=O)Nc1cnc(-c2cccc(O)c2)nc1.